The van der Waals surface area contributed by atoms with Crippen LogP contribution in [-0.4, -0.2) is 42.5 Å². The van der Waals surface area contributed by atoms with Crippen LogP contribution in [0.25, 0.3) is 22.2 Å². The molecule has 1 aliphatic heterocycles. The van der Waals surface area contributed by atoms with Gasteiger partial charge in [-0.05, 0) is 86.1 Å². The van der Waals surface area contributed by atoms with E-state index in [2.05, 4.69) is 75.9 Å². The van der Waals surface area contributed by atoms with Gasteiger partial charge in [-0.15, -0.1) is 0 Å². The van der Waals surface area contributed by atoms with Crippen LogP contribution >= 0.6 is 0 Å². The molecular weight excluding hydrogens is 470 g/mol. The number of anilines is 1. The lowest BCUT2D eigenvalue weighted by molar-refractivity contribution is -0.118. The Bertz CT molecular complexity index is 1370. The van der Waals surface area contributed by atoms with Gasteiger partial charge in [0.15, 0.2) is 0 Å². The minimum atomic E-state index is -0.0167. The minimum Gasteiger partial charge on any atom is -0.495 e. The molecule has 0 atom stereocenters. The van der Waals surface area contributed by atoms with Crippen LogP contribution in [0.2, 0.25) is 0 Å². The molecule has 2 heterocycles. The van der Waals surface area contributed by atoms with E-state index in [1.807, 2.05) is 26.0 Å². The number of hydrogen-bond acceptors (Lipinski definition) is 3. The van der Waals surface area contributed by atoms with Crippen LogP contribution in [0.5, 0.6) is 5.75 Å². The van der Waals surface area contributed by atoms with E-state index in [1.54, 1.807) is 7.11 Å². The van der Waals surface area contributed by atoms with Crippen molar-refractivity contribution in [3.63, 3.8) is 0 Å². The number of piperidine rings is 1. The number of nitrogens with one attached hydrogen (secondary N) is 2. The molecule has 1 aliphatic rings. The average Bonchev–Trinajstić information content (AvgIpc) is 3.33. The molecule has 1 saturated heterocycles. The monoisotopic (exact) mass is 509 g/mol. The Balaban J connectivity index is 1.21. The maximum Gasteiger partial charge on any atom is 0.226 e. The van der Waals surface area contributed by atoms with E-state index in [0.717, 1.165) is 62.3 Å². The van der Waals surface area contributed by atoms with Gasteiger partial charge < -0.3 is 19.9 Å². The number of aromatic amines is 1. The fourth-order valence-electron chi connectivity index (χ4n) is 5.65. The molecule has 5 nitrogen and oxygen atoms in total. The lowest BCUT2D eigenvalue weighted by Crippen LogP contribution is -2.33. The molecule has 1 amide bonds. The number of amides is 1. The summed E-state index contributed by atoms with van der Waals surface area (Å²) >= 11 is 0. The van der Waals surface area contributed by atoms with Crippen molar-refractivity contribution < 1.29 is 9.53 Å². The molecule has 0 saturated carbocycles. The quantitative estimate of drug-likeness (QED) is 0.250. The second-order valence-electron chi connectivity index (χ2n) is 10.7. The Labute approximate surface area is 226 Å². The van der Waals surface area contributed by atoms with Gasteiger partial charge in [0, 0.05) is 22.7 Å². The van der Waals surface area contributed by atoms with E-state index in [9.17, 15) is 4.79 Å². The highest BCUT2D eigenvalue weighted by atomic mass is 16.5. The van der Waals surface area contributed by atoms with Crippen molar-refractivity contribution in [1.29, 1.82) is 0 Å². The van der Waals surface area contributed by atoms with Crippen LogP contribution < -0.4 is 10.1 Å². The summed E-state index contributed by atoms with van der Waals surface area (Å²) < 4.78 is 5.65. The van der Waals surface area contributed by atoms with Gasteiger partial charge in [0.2, 0.25) is 5.91 Å². The molecule has 198 valence electrons. The first-order chi connectivity index (χ1) is 18.5. The second kappa shape index (κ2) is 11.9. The Morgan fingerprint density at radius 1 is 1.03 bits per heavy atom. The number of rotatable bonds is 9. The molecular formula is C33H39N3O2. The van der Waals surface area contributed by atoms with Crippen LogP contribution in [-0.2, 0) is 11.2 Å². The first-order valence-electron chi connectivity index (χ1n) is 13.9. The lowest BCUT2D eigenvalue weighted by atomic mass is 9.89. The molecule has 38 heavy (non-hydrogen) atoms. The molecule has 2 N–H and O–H groups in total. The number of H-pyrrole nitrogens is 1. The van der Waals surface area contributed by atoms with Gasteiger partial charge >= 0.3 is 0 Å². The number of methoxy groups -OCH3 is 1. The zero-order valence-electron chi connectivity index (χ0n) is 22.8. The number of ether oxygens (including phenoxy) is 1. The third-order valence-electron chi connectivity index (χ3n) is 7.82. The summed E-state index contributed by atoms with van der Waals surface area (Å²) in [5, 5.41) is 4.30. The van der Waals surface area contributed by atoms with Gasteiger partial charge in [-0.3, -0.25) is 4.79 Å². The molecule has 0 spiro atoms. The Morgan fingerprint density at radius 3 is 2.53 bits per heavy atom. The highest BCUT2D eigenvalue weighted by molar-refractivity contribution is 5.94. The van der Waals surface area contributed by atoms with E-state index in [0.29, 0.717) is 5.92 Å². The van der Waals surface area contributed by atoms with Gasteiger partial charge in [-0.1, -0.05) is 68.4 Å². The summed E-state index contributed by atoms with van der Waals surface area (Å²) in [4.78, 5) is 18.4. The average molecular weight is 510 g/mol. The number of carbonyl (C=O) groups is 1. The number of nitrogens with zero attached hydrogens (tertiary/aromatic N) is 1. The number of para-hydroxylation sites is 1. The van der Waals surface area contributed by atoms with Gasteiger partial charge in [-0.25, -0.2) is 0 Å². The van der Waals surface area contributed by atoms with Crippen LogP contribution in [0.3, 0.4) is 0 Å². The van der Waals surface area contributed by atoms with E-state index in [4.69, 9.17) is 4.74 Å². The molecule has 1 fully saturated rings. The smallest absolute Gasteiger partial charge is 0.226 e. The first-order valence-corrected chi connectivity index (χ1v) is 13.9. The van der Waals surface area contributed by atoms with Crippen molar-refractivity contribution in [3.8, 4) is 17.0 Å². The third kappa shape index (κ3) is 5.78. The number of likely N-dealkylation sites (tertiary alicyclic amines) is 1. The molecule has 5 rings (SSSR count). The van der Waals surface area contributed by atoms with Gasteiger partial charge in [0.05, 0.1) is 12.6 Å². The molecule has 0 radical (unpaired) electrons. The second-order valence-corrected chi connectivity index (χ2v) is 10.7. The number of hydrogen-bond donors (Lipinski definition) is 2. The minimum absolute atomic E-state index is 0.0167. The number of aromatic nitrogens is 1. The fourth-order valence-corrected chi connectivity index (χ4v) is 5.65. The van der Waals surface area contributed by atoms with Crippen LogP contribution in [0.15, 0.2) is 72.8 Å². The Kier molecular flexibility index (Phi) is 8.14. The number of benzene rings is 3. The third-order valence-corrected chi connectivity index (χ3v) is 7.82. The van der Waals surface area contributed by atoms with E-state index in [1.165, 1.54) is 27.8 Å². The maximum atomic E-state index is 12.1. The number of fused-ring (bicyclic) bond motifs is 1. The summed E-state index contributed by atoms with van der Waals surface area (Å²) in [7, 11) is 1.74. The van der Waals surface area contributed by atoms with Crippen LogP contribution in [0.1, 0.15) is 50.2 Å². The number of aryl methyl sites for hydroxylation is 1. The summed E-state index contributed by atoms with van der Waals surface area (Å²) in [6.07, 6.45) is 4.45. The van der Waals surface area contributed by atoms with Crippen molar-refractivity contribution in [3.05, 3.63) is 83.9 Å². The van der Waals surface area contributed by atoms with Gasteiger partial charge in [0.1, 0.15) is 5.75 Å². The molecule has 0 aliphatic carbocycles. The van der Waals surface area contributed by atoms with Crippen LogP contribution in [0, 0.1) is 5.92 Å². The van der Waals surface area contributed by atoms with Crippen molar-refractivity contribution in [2.75, 3.05) is 32.1 Å². The highest BCUT2D eigenvalue weighted by Crippen LogP contribution is 2.36. The lowest BCUT2D eigenvalue weighted by Gasteiger charge is -2.32. The van der Waals surface area contributed by atoms with Crippen molar-refractivity contribution in [1.82, 2.24) is 9.88 Å². The molecule has 3 aromatic carbocycles. The van der Waals surface area contributed by atoms with Crippen molar-refractivity contribution in [2.24, 2.45) is 5.92 Å². The first kappa shape index (κ1) is 26.1. The highest BCUT2D eigenvalue weighted by Gasteiger charge is 2.22. The predicted octanol–water partition coefficient (Wildman–Crippen LogP) is 7.25. The van der Waals surface area contributed by atoms with Crippen molar-refractivity contribution >= 4 is 22.5 Å². The zero-order chi connectivity index (χ0) is 26.5. The Hall–Kier alpha value is -3.57. The molecule has 0 bridgehead atoms. The number of carbonyl (C=O) groups excluding carboxylic acids is 1. The van der Waals surface area contributed by atoms with E-state index in [-0.39, 0.29) is 11.8 Å². The summed E-state index contributed by atoms with van der Waals surface area (Å²) in [6, 6.07) is 25.4. The molecule has 0 unspecified atom stereocenters. The fraction of sp³-hybridized carbons (Fsp3) is 0.364. The predicted molar refractivity (Wildman–Crippen MR) is 157 cm³/mol. The standard InChI is InChI=1S/C33H39N3O2/c1-23(2)33(37)34-27-13-7-12-26(22-27)24-17-20-36(21-18-24)19-9-15-28-29-14-8-16-30(38-3)32(29)35-31(28)25-10-5-4-6-11-25/h4-8,10-14,16,22-24,35H,9,15,17-21H2,1-3H3,(H,34,37). The topological polar surface area (TPSA) is 57.4 Å². The van der Waals surface area contributed by atoms with Crippen molar-refractivity contribution in [2.45, 2.75) is 45.4 Å². The van der Waals surface area contributed by atoms with E-state index >= 15 is 0 Å². The largest absolute Gasteiger partial charge is 0.495 e. The zero-order valence-corrected chi connectivity index (χ0v) is 22.8. The maximum absolute atomic E-state index is 12.1. The molecule has 1 aromatic heterocycles. The summed E-state index contributed by atoms with van der Waals surface area (Å²) in [5.41, 5.74) is 7.12. The molecule has 4 aromatic rings. The van der Waals surface area contributed by atoms with E-state index < -0.39 is 0 Å². The summed E-state index contributed by atoms with van der Waals surface area (Å²) in [5.74, 6) is 1.49. The van der Waals surface area contributed by atoms with Gasteiger partial charge in [-0.2, -0.15) is 0 Å². The SMILES string of the molecule is COc1cccc2c(CCCN3CCC(c4cccc(NC(=O)C(C)C)c4)CC3)c(-c3ccccc3)[nH]c12. The normalized spacial score (nSPS) is 14.7. The molecule has 5 heteroatoms. The Morgan fingerprint density at radius 2 is 1.79 bits per heavy atom. The van der Waals surface area contributed by atoms with Crippen LogP contribution in [0.4, 0.5) is 5.69 Å². The van der Waals surface area contributed by atoms with Gasteiger partial charge in [0.25, 0.3) is 0 Å². The summed E-state index contributed by atoms with van der Waals surface area (Å²) in [6.45, 7) is 7.17.